The van der Waals surface area contributed by atoms with Crippen LogP contribution in [-0.2, 0) is 181 Å². The van der Waals surface area contributed by atoms with Gasteiger partial charge < -0.3 is 90.6 Å². The lowest BCUT2D eigenvalue weighted by Crippen LogP contribution is -2.46. The van der Waals surface area contributed by atoms with Crippen LogP contribution in [0.4, 0.5) is 0 Å². The number of nitrogens with one attached hydrogen (secondary N) is 1. The maximum atomic E-state index is 11.9. The summed E-state index contributed by atoms with van der Waals surface area (Å²) in [5.74, 6) is -17.5. The van der Waals surface area contributed by atoms with E-state index in [4.69, 9.17) is 42.6 Å². The highest BCUT2D eigenvalue weighted by Crippen LogP contribution is 2.64. The van der Waals surface area contributed by atoms with E-state index in [2.05, 4.69) is 62.3 Å². The number of hydrogen-bond donors (Lipinski definition) is 1. The fraction of sp³-hybridized carbons (Fsp3) is 0.527. The van der Waals surface area contributed by atoms with E-state index in [0.29, 0.717) is 0 Å². The number of carbonyl (C=O) groups excluding carboxylic acids is 21. The fourth-order valence-corrected chi connectivity index (χ4v) is 23.9. The molecule has 28 aliphatic rings. The second-order valence-electron chi connectivity index (χ2n) is 36.5. The lowest BCUT2D eigenvalue weighted by Gasteiger charge is -2.36. The quantitative estimate of drug-likeness (QED) is 0.127. The number of aldehydes is 1. The van der Waals surface area contributed by atoms with E-state index in [0.717, 1.165) is 40.6 Å². The molecule has 0 aromatic rings. The molecule has 0 amide bonds. The highest BCUT2D eigenvalue weighted by atomic mass is 16.7. The highest BCUT2D eigenvalue weighted by Gasteiger charge is 2.74. The van der Waals surface area contributed by atoms with Gasteiger partial charge in [-0.05, 0) is 89.3 Å². The lowest BCUT2D eigenvalue weighted by molar-refractivity contribution is -0.172. The maximum Gasteiger partial charge on any atom is 0.343 e. The SMILES string of the molecule is CC(=O)OCC12C=CC(O1)C1C(=O)OC(=O)C12.CC(C)=C1C2C=CC1(C=O)C1C(=O)OC(=O)C21.CC12C=CC(O1)C1C(=O)OC(=O)C12.CC1=C(C)C2OC1C1C(=O)OC(=O)C21.CC1=CC2OC1C1C(=O)OC(=O)C21.CCC1=CC2C=CC1C1C(=O)OC(=O)C21.CCOC(=O)C12C=CC(O1)C1C(=O)OC(=O)C12.O=C1OC(=O)C2C3C=CC(N3)C12.O=C1OC(=O)C2C3C=CC(O3)C12. The number of ether oxygens (including phenoxy) is 17. The van der Waals surface area contributed by atoms with Crippen molar-refractivity contribution in [3.05, 3.63) is 131 Å². The first-order valence-corrected chi connectivity index (χ1v) is 42.7. The standard InChI is InChI=1S/C13H12O4.C12H12O3.2C11H10O6.C10H10O4.2C9H8O4.C8H7NO3.C8H6O4/c1-6(2)9-7-3-4-13(9,5-14)10-8(7)11(15)17-12(10)16;1-2-6-5-7-3-4-8(6)10-9(7)11(13)15-12(10)14;1-5(12)15-4-11-3-2-6(17-11)7-8(11)10(14)16-9(7)13;1-2-15-10(14)11-4-3-5(17-11)6-7(11)9(13)16-8(6)12;1-3-4(2)8-6-5(7(3)13-8)9(11)14-10(6)12;1-9-3-2-4(13-9)5-6(9)8(11)12-7(5)10;1-3-2-4-5-6(7(3)12-4)9(11)13-8(5)10;10-7-5-3-1-2-4(9-3)6(5)8(11)12-7;9-7-5-3-1-2-4(11-3)6(5)8(10)12-7/h3-5,7-8,10H,1-2H3;3-5,7-10H,2H2,1H3;2-3,6-8H,4H2,1H3;3-7H,2H2,1H3;5-8H,1-2H3;2-6H,1H3;2,4-7H,1H3;1-6,9H;1-6H. The van der Waals surface area contributed by atoms with E-state index >= 15 is 0 Å². The summed E-state index contributed by atoms with van der Waals surface area (Å²) in [5.41, 5.74) is 2.36. The van der Waals surface area contributed by atoms with E-state index in [-0.39, 0.29) is 169 Å². The van der Waals surface area contributed by atoms with Crippen molar-refractivity contribution in [3.63, 3.8) is 0 Å². The summed E-state index contributed by atoms with van der Waals surface area (Å²) >= 11 is 0. The number of esters is 20. The Labute approximate surface area is 735 Å². The zero-order valence-electron chi connectivity index (χ0n) is 70.4. The summed E-state index contributed by atoms with van der Waals surface area (Å²) in [4.78, 5) is 239. The third-order valence-corrected chi connectivity index (χ3v) is 29.6. The number of allylic oxidation sites excluding steroid dienone is 8. The maximum absolute atomic E-state index is 11.9. The Bertz CT molecular complexity index is 5480. The first-order chi connectivity index (χ1) is 61.8. The van der Waals surface area contributed by atoms with Crippen molar-refractivity contribution >= 4 is 126 Å². The zero-order valence-corrected chi connectivity index (χ0v) is 70.4. The highest BCUT2D eigenvalue weighted by molar-refractivity contribution is 6.07. The average Bonchev–Trinajstić information content (AvgIpc) is 1.52. The molecule has 5 aliphatic carbocycles. The predicted octanol–water partition coefficient (Wildman–Crippen LogP) is 0.954. The molecule has 0 radical (unpaired) electrons. The van der Waals surface area contributed by atoms with Crippen LogP contribution >= 0.6 is 0 Å². The van der Waals surface area contributed by atoms with E-state index in [9.17, 15) is 101 Å². The number of cyclic esters (lactones) is 18. The lowest BCUT2D eigenvalue weighted by atomic mass is 9.63. The Hall–Kier alpha value is -12.3. The minimum absolute atomic E-state index is 0.0268. The van der Waals surface area contributed by atoms with Crippen LogP contribution in [0.25, 0.3) is 0 Å². The van der Waals surface area contributed by atoms with E-state index in [1.165, 1.54) is 18.6 Å². The molecule has 0 aromatic carbocycles. The van der Waals surface area contributed by atoms with Gasteiger partial charge in [-0.15, -0.1) is 0 Å². The summed E-state index contributed by atoms with van der Waals surface area (Å²) < 4.78 is 84.2. The van der Waals surface area contributed by atoms with Crippen molar-refractivity contribution in [2.45, 2.75) is 153 Å². The van der Waals surface area contributed by atoms with Gasteiger partial charge in [-0.3, -0.25) is 91.1 Å². The molecule has 23 aliphatic heterocycles. The summed E-state index contributed by atoms with van der Waals surface area (Å²) in [6, 6.07) is 0.0536. The normalized spacial score (nSPS) is 44.6. The van der Waals surface area contributed by atoms with Crippen molar-refractivity contribution in [2.75, 3.05) is 13.2 Å². The van der Waals surface area contributed by atoms with Crippen LogP contribution in [0.5, 0.6) is 0 Å². The van der Waals surface area contributed by atoms with Crippen LogP contribution in [0.15, 0.2) is 131 Å². The number of carbonyl (C=O) groups is 21. The Morgan fingerprint density at radius 2 is 0.838 bits per heavy atom. The molecule has 23 heterocycles. The largest absolute Gasteiger partial charge is 0.464 e. The minimum Gasteiger partial charge on any atom is -0.464 e. The third-order valence-electron chi connectivity index (χ3n) is 29.6. The van der Waals surface area contributed by atoms with E-state index in [1.54, 1.807) is 31.2 Å². The molecule has 0 aromatic heterocycles. The van der Waals surface area contributed by atoms with Crippen molar-refractivity contribution in [3.8, 4) is 0 Å². The van der Waals surface area contributed by atoms with Crippen molar-refractivity contribution < 1.29 is 181 Å². The topological polar surface area (TPSA) is 527 Å². The Kier molecular flexibility index (Phi) is 20.9. The first-order valence-electron chi connectivity index (χ1n) is 42.7. The van der Waals surface area contributed by atoms with Gasteiger partial charge in [0, 0.05) is 36.8 Å². The predicted molar refractivity (Wildman–Crippen MR) is 413 cm³/mol. The van der Waals surface area contributed by atoms with Gasteiger partial charge in [0.25, 0.3) is 0 Å². The molecule has 39 heteroatoms. The van der Waals surface area contributed by atoms with Crippen LogP contribution in [0.3, 0.4) is 0 Å². The molecule has 680 valence electrons. The molecule has 16 saturated heterocycles. The van der Waals surface area contributed by atoms with E-state index < -0.39 is 177 Å². The Balaban J connectivity index is 0.0000000950. The Morgan fingerprint density at radius 1 is 0.385 bits per heavy atom. The van der Waals surface area contributed by atoms with Gasteiger partial charge in [0.15, 0.2) is 5.60 Å². The van der Waals surface area contributed by atoms with Crippen LogP contribution in [0.2, 0.25) is 0 Å². The molecule has 0 spiro atoms. The molecule has 1 N–H and O–H groups in total. The third kappa shape index (κ3) is 12.9. The Morgan fingerprint density at radius 3 is 1.38 bits per heavy atom. The van der Waals surface area contributed by atoms with Crippen molar-refractivity contribution in [2.24, 2.45) is 130 Å². The average molecular weight is 1800 g/mol. The van der Waals surface area contributed by atoms with Gasteiger partial charge in [0.05, 0.1) is 108 Å². The molecule has 1 saturated carbocycles. The van der Waals surface area contributed by atoms with Crippen molar-refractivity contribution in [1.29, 1.82) is 0 Å². The van der Waals surface area contributed by atoms with Gasteiger partial charge in [0.1, 0.15) is 89.5 Å². The minimum atomic E-state index is -1.46. The molecule has 28 rings (SSSR count). The molecular formula is C91H83NO38. The number of hydrogen-bond acceptors (Lipinski definition) is 39. The van der Waals surface area contributed by atoms with Gasteiger partial charge in [-0.2, -0.15) is 0 Å². The summed E-state index contributed by atoms with van der Waals surface area (Å²) in [7, 11) is 0. The van der Waals surface area contributed by atoms with Gasteiger partial charge in [-0.25, -0.2) is 4.79 Å². The molecule has 18 bridgehead atoms. The van der Waals surface area contributed by atoms with E-state index in [1.807, 2.05) is 96.2 Å². The number of rotatable bonds is 6. The molecule has 36 atom stereocenters. The van der Waals surface area contributed by atoms with Crippen LogP contribution in [0, 0.1) is 130 Å². The summed E-state index contributed by atoms with van der Waals surface area (Å²) in [6.45, 7) is 16.6. The van der Waals surface area contributed by atoms with Crippen molar-refractivity contribution in [1.82, 2.24) is 5.32 Å². The molecular weight excluding hydrogens is 1710 g/mol. The fourth-order valence-electron chi connectivity index (χ4n) is 23.9. The summed E-state index contributed by atoms with van der Waals surface area (Å²) in [5, 5.41) is 3.16. The van der Waals surface area contributed by atoms with Crippen LogP contribution in [-0.4, -0.2) is 223 Å². The first kappa shape index (κ1) is 87.1. The molecule has 39 nitrogen and oxygen atoms in total. The smallest absolute Gasteiger partial charge is 0.343 e. The van der Waals surface area contributed by atoms with Crippen LogP contribution < -0.4 is 5.32 Å². The van der Waals surface area contributed by atoms with Gasteiger partial charge in [0.2, 0.25) is 0 Å². The molecule has 130 heavy (non-hydrogen) atoms. The summed E-state index contributed by atoms with van der Waals surface area (Å²) in [6.07, 6.45) is 28.6. The number of fused-ring (bicyclic) bond motifs is 40. The second kappa shape index (κ2) is 31.2. The zero-order chi connectivity index (χ0) is 92.4. The van der Waals surface area contributed by atoms with Gasteiger partial charge in [-0.1, -0.05) is 103 Å². The second-order valence-corrected chi connectivity index (χ2v) is 36.5. The van der Waals surface area contributed by atoms with Crippen LogP contribution in [0.1, 0.15) is 68.7 Å². The van der Waals surface area contributed by atoms with Gasteiger partial charge >= 0.3 is 119 Å². The monoisotopic (exact) mass is 1800 g/mol. The molecule has 36 unspecified atom stereocenters. The molecule has 17 fully saturated rings.